The number of amides is 1. The van der Waals surface area contributed by atoms with Crippen LogP contribution in [0.2, 0.25) is 0 Å². The van der Waals surface area contributed by atoms with E-state index in [4.69, 9.17) is 9.15 Å². The molecule has 1 aromatic heterocycles. The lowest BCUT2D eigenvalue weighted by Crippen LogP contribution is -3.11. The second-order valence-electron chi connectivity index (χ2n) is 6.23. The molecule has 0 aliphatic rings. The first-order valence-electron chi connectivity index (χ1n) is 8.89. The SMILES string of the molecule is CC[NH+](CC)CCC[C@H](C)N=C(NC(=O)c1ccco1)OC(C)C. The molecule has 1 heterocycles. The van der Waals surface area contributed by atoms with Crippen molar-refractivity contribution in [1.82, 2.24) is 5.32 Å². The van der Waals surface area contributed by atoms with Gasteiger partial charge in [-0.05, 0) is 59.6 Å². The summed E-state index contributed by atoms with van der Waals surface area (Å²) in [6, 6.07) is 3.63. The molecule has 0 aliphatic heterocycles. The van der Waals surface area contributed by atoms with Crippen LogP contribution in [0.5, 0.6) is 0 Å². The molecule has 0 aromatic carbocycles. The highest BCUT2D eigenvalue weighted by Gasteiger charge is 2.15. The fourth-order valence-corrected chi connectivity index (χ4v) is 2.40. The number of nitrogens with zero attached hydrogens (tertiary/aromatic N) is 1. The zero-order valence-electron chi connectivity index (χ0n) is 15.6. The van der Waals surface area contributed by atoms with Gasteiger partial charge in [0.05, 0.1) is 38.0 Å². The summed E-state index contributed by atoms with van der Waals surface area (Å²) in [7, 11) is 0. The quantitative estimate of drug-likeness (QED) is 0.534. The average Bonchev–Trinajstić information content (AvgIpc) is 3.05. The van der Waals surface area contributed by atoms with Crippen molar-refractivity contribution >= 4 is 11.9 Å². The van der Waals surface area contributed by atoms with Crippen molar-refractivity contribution in [3.8, 4) is 0 Å². The van der Waals surface area contributed by atoms with Crippen LogP contribution in [0.4, 0.5) is 0 Å². The molecule has 0 saturated heterocycles. The third-order valence-corrected chi connectivity index (χ3v) is 3.80. The van der Waals surface area contributed by atoms with Gasteiger partial charge in [0.25, 0.3) is 11.9 Å². The van der Waals surface area contributed by atoms with Crippen molar-refractivity contribution in [1.29, 1.82) is 0 Å². The number of quaternary nitrogens is 1. The number of furan rings is 1. The summed E-state index contributed by atoms with van der Waals surface area (Å²) >= 11 is 0. The summed E-state index contributed by atoms with van der Waals surface area (Å²) in [5.41, 5.74) is 0. The Kier molecular flexibility index (Phi) is 9.15. The van der Waals surface area contributed by atoms with Crippen LogP contribution in [0.25, 0.3) is 0 Å². The largest absolute Gasteiger partial charge is 0.462 e. The topological polar surface area (TPSA) is 68.3 Å². The molecule has 24 heavy (non-hydrogen) atoms. The Bertz CT molecular complexity index is 494. The van der Waals surface area contributed by atoms with Crippen LogP contribution in [0.1, 0.15) is 58.0 Å². The van der Waals surface area contributed by atoms with Gasteiger partial charge in [-0.15, -0.1) is 0 Å². The lowest BCUT2D eigenvalue weighted by atomic mass is 10.2. The molecular formula is C18H32N3O3+. The minimum absolute atomic E-state index is 0.0621. The van der Waals surface area contributed by atoms with Gasteiger partial charge < -0.3 is 14.1 Å². The fraction of sp³-hybridized carbons (Fsp3) is 0.667. The van der Waals surface area contributed by atoms with Crippen molar-refractivity contribution < 1.29 is 18.8 Å². The molecule has 0 aliphatic carbocycles. The summed E-state index contributed by atoms with van der Waals surface area (Å²) in [6.07, 6.45) is 3.47. The van der Waals surface area contributed by atoms with Crippen LogP contribution in [-0.4, -0.2) is 43.7 Å². The maximum Gasteiger partial charge on any atom is 0.294 e. The number of aliphatic imine (C=N–C) groups is 1. The van der Waals surface area contributed by atoms with Crippen LogP contribution in [0.3, 0.4) is 0 Å². The monoisotopic (exact) mass is 338 g/mol. The molecule has 0 unspecified atom stereocenters. The minimum atomic E-state index is -0.348. The van der Waals surface area contributed by atoms with Gasteiger partial charge in [0.2, 0.25) is 0 Å². The van der Waals surface area contributed by atoms with Gasteiger partial charge >= 0.3 is 0 Å². The standard InChI is InChI=1S/C18H31N3O3/c1-6-21(7-2)12-8-10-15(5)19-18(24-14(3)4)20-17(22)16-11-9-13-23-16/h9,11,13-15H,6-8,10,12H2,1-5H3,(H,19,20,22)/p+1/t15-/m0/s1. The molecule has 0 fully saturated rings. The predicted molar refractivity (Wildman–Crippen MR) is 95.4 cm³/mol. The Labute approximate surface area is 145 Å². The summed E-state index contributed by atoms with van der Waals surface area (Å²) in [5.74, 6) is -0.105. The Morgan fingerprint density at radius 2 is 2.04 bits per heavy atom. The van der Waals surface area contributed by atoms with Gasteiger partial charge in [-0.25, -0.2) is 4.99 Å². The second kappa shape index (κ2) is 10.9. The number of rotatable bonds is 9. The molecule has 0 radical (unpaired) electrons. The van der Waals surface area contributed by atoms with Crippen molar-refractivity contribution in [2.45, 2.75) is 59.6 Å². The molecule has 2 N–H and O–H groups in total. The van der Waals surface area contributed by atoms with Gasteiger partial charge in [0, 0.05) is 0 Å². The number of carbonyl (C=O) groups is 1. The number of hydrogen-bond donors (Lipinski definition) is 2. The summed E-state index contributed by atoms with van der Waals surface area (Å²) in [4.78, 5) is 18.2. The molecule has 1 rings (SSSR count). The van der Waals surface area contributed by atoms with E-state index in [1.54, 1.807) is 17.0 Å². The second-order valence-corrected chi connectivity index (χ2v) is 6.23. The Morgan fingerprint density at radius 1 is 1.33 bits per heavy atom. The molecule has 6 heteroatoms. The van der Waals surface area contributed by atoms with Crippen LogP contribution in [-0.2, 0) is 4.74 Å². The zero-order valence-corrected chi connectivity index (χ0v) is 15.6. The van der Waals surface area contributed by atoms with Crippen molar-refractivity contribution in [3.05, 3.63) is 24.2 Å². The lowest BCUT2D eigenvalue weighted by Gasteiger charge is -2.17. The Morgan fingerprint density at radius 3 is 2.58 bits per heavy atom. The van der Waals surface area contributed by atoms with E-state index in [1.807, 2.05) is 20.8 Å². The van der Waals surface area contributed by atoms with Gasteiger partial charge in [-0.3, -0.25) is 10.1 Å². The first-order chi connectivity index (χ1) is 11.5. The molecule has 1 atom stereocenters. The molecule has 1 amide bonds. The zero-order chi connectivity index (χ0) is 17.9. The normalized spacial score (nSPS) is 13.4. The minimum Gasteiger partial charge on any atom is -0.462 e. The third kappa shape index (κ3) is 7.64. The van der Waals surface area contributed by atoms with Crippen molar-refractivity contribution in [2.24, 2.45) is 4.99 Å². The smallest absolute Gasteiger partial charge is 0.294 e. The maximum atomic E-state index is 12.1. The fourth-order valence-electron chi connectivity index (χ4n) is 2.40. The third-order valence-electron chi connectivity index (χ3n) is 3.80. The highest BCUT2D eigenvalue weighted by molar-refractivity contribution is 6.02. The van der Waals surface area contributed by atoms with Gasteiger partial charge in [-0.1, -0.05) is 0 Å². The number of hydrogen-bond acceptors (Lipinski definition) is 4. The predicted octanol–water partition coefficient (Wildman–Crippen LogP) is 1.88. The molecule has 136 valence electrons. The highest BCUT2D eigenvalue weighted by atomic mass is 16.5. The van der Waals surface area contributed by atoms with E-state index in [0.29, 0.717) is 0 Å². The first-order valence-corrected chi connectivity index (χ1v) is 8.89. The highest BCUT2D eigenvalue weighted by Crippen LogP contribution is 2.04. The molecule has 0 saturated carbocycles. The van der Waals surface area contributed by atoms with E-state index in [2.05, 4.69) is 24.2 Å². The number of nitrogens with one attached hydrogen (secondary N) is 2. The first kappa shape index (κ1) is 20.2. The average molecular weight is 338 g/mol. The molecule has 6 nitrogen and oxygen atoms in total. The van der Waals surface area contributed by atoms with Crippen molar-refractivity contribution in [3.63, 3.8) is 0 Å². The number of ether oxygens (including phenoxy) is 1. The van der Waals surface area contributed by atoms with Crippen LogP contribution >= 0.6 is 0 Å². The maximum absolute atomic E-state index is 12.1. The van der Waals surface area contributed by atoms with Crippen LogP contribution in [0, 0.1) is 0 Å². The molecule has 0 spiro atoms. The summed E-state index contributed by atoms with van der Waals surface area (Å²) < 4.78 is 10.7. The number of amidine groups is 1. The summed E-state index contributed by atoms with van der Waals surface area (Å²) in [5, 5.41) is 2.69. The Balaban J connectivity index is 2.58. The van der Waals surface area contributed by atoms with E-state index in [-0.39, 0.29) is 29.8 Å². The lowest BCUT2D eigenvalue weighted by molar-refractivity contribution is -0.896. The van der Waals surface area contributed by atoms with E-state index in [0.717, 1.165) is 32.5 Å². The van der Waals surface area contributed by atoms with E-state index in [1.165, 1.54) is 6.26 Å². The Hall–Kier alpha value is -1.82. The van der Waals surface area contributed by atoms with Gasteiger partial charge in [0.15, 0.2) is 5.76 Å². The number of carbonyl (C=O) groups excluding carboxylic acids is 1. The van der Waals surface area contributed by atoms with E-state index < -0.39 is 0 Å². The molecular weight excluding hydrogens is 306 g/mol. The molecule has 0 bridgehead atoms. The van der Waals surface area contributed by atoms with Crippen LogP contribution < -0.4 is 10.2 Å². The van der Waals surface area contributed by atoms with Crippen molar-refractivity contribution in [2.75, 3.05) is 19.6 Å². The molecule has 1 aromatic rings. The van der Waals surface area contributed by atoms with Gasteiger partial charge in [0.1, 0.15) is 0 Å². The van der Waals surface area contributed by atoms with Crippen LogP contribution in [0.15, 0.2) is 27.8 Å². The van der Waals surface area contributed by atoms with E-state index >= 15 is 0 Å². The van der Waals surface area contributed by atoms with Gasteiger partial charge in [-0.2, -0.15) is 0 Å². The summed E-state index contributed by atoms with van der Waals surface area (Å²) in [6.45, 7) is 13.7. The van der Waals surface area contributed by atoms with E-state index in [9.17, 15) is 4.79 Å².